The molecule has 0 saturated carbocycles. The van der Waals surface area contributed by atoms with E-state index in [-0.39, 0.29) is 5.91 Å². The Morgan fingerprint density at radius 1 is 1.20 bits per heavy atom. The standard InChI is InChI=1S/C19H16N4O2/c1-23-18(14-6-8-16(25-2)9-7-14)11-17(22-23)19(24)21-15-5-3-4-13(10-15)12-20/h3-11H,1-2H3,(H,21,24). The number of anilines is 1. The van der Waals surface area contributed by atoms with Crippen LogP contribution in [0.5, 0.6) is 5.75 Å². The quantitative estimate of drug-likeness (QED) is 0.795. The molecular weight excluding hydrogens is 316 g/mol. The van der Waals surface area contributed by atoms with Gasteiger partial charge in [0.1, 0.15) is 5.75 Å². The molecule has 6 heteroatoms. The second-order valence-electron chi connectivity index (χ2n) is 5.41. The number of aryl methyl sites for hydroxylation is 1. The third-order valence-corrected chi connectivity index (χ3v) is 3.75. The molecule has 0 bridgehead atoms. The van der Waals surface area contributed by atoms with Gasteiger partial charge in [-0.05, 0) is 48.5 Å². The van der Waals surface area contributed by atoms with Crippen molar-refractivity contribution in [3.63, 3.8) is 0 Å². The van der Waals surface area contributed by atoms with Crippen LogP contribution in [0.25, 0.3) is 11.3 Å². The van der Waals surface area contributed by atoms with Gasteiger partial charge in [-0.15, -0.1) is 0 Å². The highest BCUT2D eigenvalue weighted by Gasteiger charge is 2.14. The lowest BCUT2D eigenvalue weighted by Crippen LogP contribution is -2.13. The van der Waals surface area contributed by atoms with E-state index in [4.69, 9.17) is 10.00 Å². The Labute approximate surface area is 145 Å². The second-order valence-corrected chi connectivity index (χ2v) is 5.41. The molecule has 25 heavy (non-hydrogen) atoms. The molecule has 0 aliphatic heterocycles. The van der Waals surface area contributed by atoms with Gasteiger partial charge in [-0.1, -0.05) is 6.07 Å². The lowest BCUT2D eigenvalue weighted by Gasteiger charge is -2.03. The molecule has 1 aromatic heterocycles. The number of carbonyl (C=O) groups excluding carboxylic acids is 1. The van der Waals surface area contributed by atoms with Gasteiger partial charge in [0.25, 0.3) is 5.91 Å². The van der Waals surface area contributed by atoms with Crippen molar-refractivity contribution in [1.29, 1.82) is 5.26 Å². The number of methoxy groups -OCH3 is 1. The van der Waals surface area contributed by atoms with Crippen LogP contribution in [0.15, 0.2) is 54.6 Å². The summed E-state index contributed by atoms with van der Waals surface area (Å²) >= 11 is 0. The fourth-order valence-corrected chi connectivity index (χ4v) is 2.47. The number of ether oxygens (including phenoxy) is 1. The normalized spacial score (nSPS) is 10.1. The monoisotopic (exact) mass is 332 g/mol. The lowest BCUT2D eigenvalue weighted by molar-refractivity contribution is 0.102. The molecule has 1 heterocycles. The summed E-state index contributed by atoms with van der Waals surface area (Å²) < 4.78 is 6.81. The van der Waals surface area contributed by atoms with Crippen molar-refractivity contribution >= 4 is 11.6 Å². The predicted molar refractivity (Wildman–Crippen MR) is 94.3 cm³/mol. The SMILES string of the molecule is COc1ccc(-c2cc(C(=O)Nc3cccc(C#N)c3)nn2C)cc1. The minimum atomic E-state index is -0.328. The molecule has 0 aliphatic carbocycles. The van der Waals surface area contributed by atoms with Crippen molar-refractivity contribution in [2.24, 2.45) is 7.05 Å². The largest absolute Gasteiger partial charge is 0.497 e. The number of amides is 1. The second kappa shape index (κ2) is 6.89. The summed E-state index contributed by atoms with van der Waals surface area (Å²) in [5, 5.41) is 16.0. The number of nitrogens with zero attached hydrogens (tertiary/aromatic N) is 3. The molecule has 0 spiro atoms. The van der Waals surface area contributed by atoms with Gasteiger partial charge in [0.05, 0.1) is 24.4 Å². The average Bonchev–Trinajstić information content (AvgIpc) is 3.04. The van der Waals surface area contributed by atoms with Gasteiger partial charge in [0, 0.05) is 18.3 Å². The van der Waals surface area contributed by atoms with E-state index in [1.54, 1.807) is 49.2 Å². The number of rotatable bonds is 4. The van der Waals surface area contributed by atoms with Crippen LogP contribution in [-0.2, 0) is 7.05 Å². The number of hydrogen-bond donors (Lipinski definition) is 1. The number of nitrogens with one attached hydrogen (secondary N) is 1. The van der Waals surface area contributed by atoms with E-state index in [1.807, 2.05) is 30.3 Å². The van der Waals surface area contributed by atoms with Gasteiger partial charge in [-0.2, -0.15) is 10.4 Å². The molecule has 3 rings (SSSR count). The number of nitriles is 1. The van der Waals surface area contributed by atoms with Crippen molar-refractivity contribution in [1.82, 2.24) is 9.78 Å². The van der Waals surface area contributed by atoms with E-state index in [0.717, 1.165) is 17.0 Å². The van der Waals surface area contributed by atoms with E-state index in [0.29, 0.717) is 16.9 Å². The maximum absolute atomic E-state index is 12.4. The van der Waals surface area contributed by atoms with Crippen LogP contribution in [-0.4, -0.2) is 22.8 Å². The Balaban J connectivity index is 1.83. The molecule has 6 nitrogen and oxygen atoms in total. The fraction of sp³-hybridized carbons (Fsp3) is 0.105. The summed E-state index contributed by atoms with van der Waals surface area (Å²) in [6.07, 6.45) is 0. The Kier molecular flexibility index (Phi) is 4.48. The first-order valence-electron chi connectivity index (χ1n) is 7.60. The zero-order chi connectivity index (χ0) is 17.8. The molecule has 0 unspecified atom stereocenters. The van der Waals surface area contributed by atoms with Crippen molar-refractivity contribution in [3.8, 4) is 23.1 Å². The van der Waals surface area contributed by atoms with Crippen LogP contribution in [0.4, 0.5) is 5.69 Å². The minimum Gasteiger partial charge on any atom is -0.497 e. The highest BCUT2D eigenvalue weighted by Crippen LogP contribution is 2.23. The first-order valence-corrected chi connectivity index (χ1v) is 7.60. The number of carbonyl (C=O) groups is 1. The van der Waals surface area contributed by atoms with E-state index >= 15 is 0 Å². The molecule has 124 valence electrons. The van der Waals surface area contributed by atoms with Crippen LogP contribution in [0.3, 0.4) is 0 Å². The number of aromatic nitrogens is 2. The van der Waals surface area contributed by atoms with Crippen LogP contribution in [0.2, 0.25) is 0 Å². The van der Waals surface area contributed by atoms with Crippen LogP contribution in [0.1, 0.15) is 16.1 Å². The minimum absolute atomic E-state index is 0.302. The Morgan fingerprint density at radius 2 is 1.96 bits per heavy atom. The van der Waals surface area contributed by atoms with E-state index < -0.39 is 0 Å². The average molecular weight is 332 g/mol. The maximum Gasteiger partial charge on any atom is 0.276 e. The van der Waals surface area contributed by atoms with Crippen LogP contribution >= 0.6 is 0 Å². The topological polar surface area (TPSA) is 79.9 Å². The summed E-state index contributed by atoms with van der Waals surface area (Å²) in [6.45, 7) is 0. The molecular formula is C19H16N4O2. The van der Waals surface area contributed by atoms with Crippen molar-refractivity contribution in [2.75, 3.05) is 12.4 Å². The van der Waals surface area contributed by atoms with Gasteiger partial charge < -0.3 is 10.1 Å². The third kappa shape index (κ3) is 3.51. The van der Waals surface area contributed by atoms with E-state index in [2.05, 4.69) is 10.4 Å². The summed E-state index contributed by atoms with van der Waals surface area (Å²) in [7, 11) is 3.40. The van der Waals surface area contributed by atoms with Crippen molar-refractivity contribution < 1.29 is 9.53 Å². The summed E-state index contributed by atoms with van der Waals surface area (Å²) in [6, 6.07) is 18.0. The zero-order valence-electron chi connectivity index (χ0n) is 13.9. The van der Waals surface area contributed by atoms with E-state index in [9.17, 15) is 4.79 Å². The summed E-state index contributed by atoms with van der Waals surface area (Å²) in [4.78, 5) is 12.4. The molecule has 1 N–H and O–H groups in total. The molecule has 0 aliphatic rings. The molecule has 2 aromatic carbocycles. The molecule has 1 amide bonds. The zero-order valence-corrected chi connectivity index (χ0v) is 13.9. The number of benzene rings is 2. The van der Waals surface area contributed by atoms with Gasteiger partial charge in [0.2, 0.25) is 0 Å². The Hall–Kier alpha value is -3.59. The molecule has 0 saturated heterocycles. The van der Waals surface area contributed by atoms with Crippen molar-refractivity contribution in [3.05, 3.63) is 65.9 Å². The van der Waals surface area contributed by atoms with Gasteiger partial charge in [0.15, 0.2) is 5.69 Å². The van der Waals surface area contributed by atoms with E-state index in [1.165, 1.54) is 0 Å². The molecule has 0 atom stereocenters. The first kappa shape index (κ1) is 16.3. The fourth-order valence-electron chi connectivity index (χ4n) is 2.47. The maximum atomic E-state index is 12.4. The molecule has 0 fully saturated rings. The summed E-state index contributed by atoms with van der Waals surface area (Å²) in [5.74, 6) is 0.437. The Bertz CT molecular complexity index is 952. The van der Waals surface area contributed by atoms with Crippen LogP contribution in [0, 0.1) is 11.3 Å². The predicted octanol–water partition coefficient (Wildman–Crippen LogP) is 3.22. The number of hydrogen-bond acceptors (Lipinski definition) is 4. The van der Waals surface area contributed by atoms with Gasteiger partial charge in [-0.3, -0.25) is 9.48 Å². The van der Waals surface area contributed by atoms with Crippen LogP contribution < -0.4 is 10.1 Å². The lowest BCUT2D eigenvalue weighted by atomic mass is 10.1. The van der Waals surface area contributed by atoms with Crippen molar-refractivity contribution in [2.45, 2.75) is 0 Å². The Morgan fingerprint density at radius 3 is 2.64 bits per heavy atom. The molecule has 0 radical (unpaired) electrons. The first-order chi connectivity index (χ1) is 12.1. The summed E-state index contributed by atoms with van der Waals surface area (Å²) in [5.41, 5.74) is 3.09. The van der Waals surface area contributed by atoms with Gasteiger partial charge in [-0.25, -0.2) is 0 Å². The van der Waals surface area contributed by atoms with Gasteiger partial charge >= 0.3 is 0 Å². The highest BCUT2D eigenvalue weighted by molar-refractivity contribution is 6.03. The third-order valence-electron chi connectivity index (χ3n) is 3.75. The molecule has 3 aromatic rings. The highest BCUT2D eigenvalue weighted by atomic mass is 16.5. The smallest absolute Gasteiger partial charge is 0.276 e.